The lowest BCUT2D eigenvalue weighted by molar-refractivity contribution is -0.119. The average Bonchev–Trinajstić information content (AvgIpc) is 3.91. The number of rotatable bonds is 13. The number of ether oxygens (including phenoxy) is 1. The van der Waals surface area contributed by atoms with Crippen molar-refractivity contribution < 1.29 is 23.1 Å². The van der Waals surface area contributed by atoms with E-state index >= 15 is 0 Å². The first-order chi connectivity index (χ1) is 30.3. The van der Waals surface area contributed by atoms with Crippen LogP contribution in [-0.4, -0.2) is 78.1 Å². The van der Waals surface area contributed by atoms with Gasteiger partial charge in [-0.15, -0.1) is 43.1 Å². The fourth-order valence-electron chi connectivity index (χ4n) is 7.30. The van der Waals surface area contributed by atoms with Crippen molar-refractivity contribution in [2.75, 3.05) is 30.4 Å². The van der Waals surface area contributed by atoms with Crippen LogP contribution in [0.4, 0.5) is 25.2 Å². The van der Waals surface area contributed by atoms with Gasteiger partial charge in [-0.25, -0.2) is 30.1 Å². The first-order valence-corrected chi connectivity index (χ1v) is 22.0. The SMILES string of the molecule is CNC(=O)Cc1cnc(-c2ccc(NCC3(c4ncccc4F)CCC3)nn2)s1.[C-]#[N+]Cc1cnc(-c2ccc(N(CC3(c4ncccc4F)CCC3)C(=O)OC(C)(C)C)nn2)s1. The van der Waals surface area contributed by atoms with Gasteiger partial charge >= 0.3 is 6.09 Å². The summed E-state index contributed by atoms with van der Waals surface area (Å²) in [6.45, 7) is 13.4. The number of thiazole rings is 2. The van der Waals surface area contributed by atoms with Crippen molar-refractivity contribution in [3.63, 3.8) is 0 Å². The molecule has 2 amide bonds. The molecule has 19 heteroatoms. The maximum Gasteiger partial charge on any atom is 0.416 e. The monoisotopic (exact) mass is 892 g/mol. The topological polar surface area (TPSA) is 178 Å². The molecule has 2 aliphatic rings. The summed E-state index contributed by atoms with van der Waals surface area (Å²) in [6, 6.07) is 13.1. The third kappa shape index (κ3) is 10.6. The number of anilines is 2. The number of halogens is 2. The maximum absolute atomic E-state index is 14.7. The lowest BCUT2D eigenvalue weighted by Gasteiger charge is -2.44. The lowest BCUT2D eigenvalue weighted by atomic mass is 9.66. The van der Waals surface area contributed by atoms with E-state index in [4.69, 9.17) is 11.3 Å². The first kappa shape index (κ1) is 44.7. The summed E-state index contributed by atoms with van der Waals surface area (Å²) in [5.74, 6) is 0.232. The van der Waals surface area contributed by atoms with Crippen molar-refractivity contribution in [3.8, 4) is 21.4 Å². The second-order valence-corrected chi connectivity index (χ2v) is 18.6. The molecule has 6 aromatic rings. The Labute approximate surface area is 371 Å². The minimum atomic E-state index is -0.716. The van der Waals surface area contributed by atoms with Crippen molar-refractivity contribution in [1.82, 2.24) is 45.6 Å². The normalized spacial score (nSPS) is 14.7. The molecule has 0 aromatic carbocycles. The average molecular weight is 893 g/mol. The highest BCUT2D eigenvalue weighted by molar-refractivity contribution is 7.15. The Morgan fingerprint density at radius 1 is 0.810 bits per heavy atom. The smallest absolute Gasteiger partial charge is 0.416 e. The lowest BCUT2D eigenvalue weighted by Crippen LogP contribution is -2.50. The van der Waals surface area contributed by atoms with Crippen LogP contribution in [0.3, 0.4) is 0 Å². The predicted molar refractivity (Wildman–Crippen MR) is 236 cm³/mol. The summed E-state index contributed by atoms with van der Waals surface area (Å²) in [4.78, 5) is 48.4. The van der Waals surface area contributed by atoms with Crippen molar-refractivity contribution >= 4 is 46.3 Å². The summed E-state index contributed by atoms with van der Waals surface area (Å²) in [5.41, 5.74) is 0.444. The third-order valence-corrected chi connectivity index (χ3v) is 12.8. The molecule has 0 spiro atoms. The van der Waals surface area contributed by atoms with Gasteiger partial charge in [0.15, 0.2) is 5.82 Å². The zero-order valence-corrected chi connectivity index (χ0v) is 36.9. The summed E-state index contributed by atoms with van der Waals surface area (Å²) >= 11 is 2.80. The van der Waals surface area contributed by atoms with Crippen LogP contribution < -0.4 is 15.5 Å². The predicted octanol–water partition coefficient (Wildman–Crippen LogP) is 8.37. The number of pyridine rings is 2. The standard InChI is InChI=1S/C24H25FN6O2S.C20H21FN6OS/c1-23(2,3)33-22(32)31(15-24(10-6-11-24)20-17(25)7-5-12-27-20)19-9-8-18(29-30-19)21-28-14-16(34-21)13-26-4;1-22-17(28)10-13-11-24-19(29-13)15-5-6-16(27-26-15)25-12-20(7-3-8-20)18-14(21)4-2-9-23-18/h5,7-9,12,14H,6,10-11,13,15H2,1-3H3;2,4-6,9,11H,3,7-8,10,12H2,1H3,(H,22,28)(H,25,27). The zero-order valence-electron chi connectivity index (χ0n) is 35.3. The van der Waals surface area contributed by atoms with Crippen LogP contribution >= 0.6 is 22.7 Å². The minimum Gasteiger partial charge on any atom is -0.443 e. The Hall–Kier alpha value is -6.39. The first-order valence-electron chi connectivity index (χ1n) is 20.4. The van der Waals surface area contributed by atoms with Crippen LogP contribution in [0.2, 0.25) is 0 Å². The molecule has 0 aliphatic heterocycles. The molecular formula is C44H46F2N12O3S2. The van der Waals surface area contributed by atoms with Gasteiger partial charge in [0.05, 0.1) is 17.8 Å². The van der Waals surface area contributed by atoms with Gasteiger partial charge < -0.3 is 20.2 Å². The van der Waals surface area contributed by atoms with E-state index in [1.807, 2.05) is 12.1 Å². The zero-order chi connectivity index (χ0) is 44.6. The van der Waals surface area contributed by atoms with Gasteiger partial charge in [-0.1, -0.05) is 12.8 Å². The number of hydrogen-bond acceptors (Lipinski definition) is 14. The molecule has 2 fully saturated rings. The molecule has 6 heterocycles. The Bertz CT molecular complexity index is 2570. The molecule has 326 valence electrons. The fourth-order valence-corrected chi connectivity index (χ4v) is 8.98. The number of carbonyl (C=O) groups excluding carboxylic acids is 2. The van der Waals surface area contributed by atoms with E-state index in [1.54, 1.807) is 76.9 Å². The molecule has 0 unspecified atom stereocenters. The van der Waals surface area contributed by atoms with Gasteiger partial charge in [-0.3, -0.25) is 19.7 Å². The largest absolute Gasteiger partial charge is 0.443 e. The highest BCUT2D eigenvalue weighted by Crippen LogP contribution is 2.46. The molecule has 15 nitrogen and oxygen atoms in total. The molecule has 63 heavy (non-hydrogen) atoms. The molecule has 2 aliphatic carbocycles. The van der Waals surface area contributed by atoms with E-state index < -0.39 is 17.1 Å². The molecule has 0 radical (unpaired) electrons. The Morgan fingerprint density at radius 2 is 1.40 bits per heavy atom. The molecule has 0 saturated heterocycles. The van der Waals surface area contributed by atoms with E-state index in [1.165, 1.54) is 39.7 Å². The third-order valence-electron chi connectivity index (χ3n) is 10.8. The Kier molecular flexibility index (Phi) is 13.7. The second-order valence-electron chi connectivity index (χ2n) is 16.4. The van der Waals surface area contributed by atoms with E-state index in [0.29, 0.717) is 70.2 Å². The fraction of sp³-hybridized carbons (Fsp3) is 0.386. The van der Waals surface area contributed by atoms with Gasteiger partial charge in [-0.05, 0) is 95.0 Å². The van der Waals surface area contributed by atoms with E-state index in [-0.39, 0.29) is 36.0 Å². The van der Waals surface area contributed by atoms with Crippen LogP contribution in [0.25, 0.3) is 26.2 Å². The van der Waals surface area contributed by atoms with Crippen LogP contribution in [-0.2, 0) is 33.3 Å². The second kappa shape index (κ2) is 19.3. The number of nitrogens with zero attached hydrogens (tertiary/aromatic N) is 10. The highest BCUT2D eigenvalue weighted by Gasteiger charge is 2.46. The van der Waals surface area contributed by atoms with Crippen LogP contribution in [0.1, 0.15) is 80.4 Å². The van der Waals surface area contributed by atoms with Crippen molar-refractivity contribution in [1.29, 1.82) is 0 Å². The number of carbonyl (C=O) groups is 2. The molecular weight excluding hydrogens is 847 g/mol. The van der Waals surface area contributed by atoms with Gasteiger partial charge in [0.2, 0.25) is 12.5 Å². The number of aromatic nitrogens is 8. The highest BCUT2D eigenvalue weighted by atomic mass is 32.1. The van der Waals surface area contributed by atoms with E-state index in [0.717, 1.165) is 35.4 Å². The number of hydrogen-bond donors (Lipinski definition) is 2. The maximum atomic E-state index is 14.7. The van der Waals surface area contributed by atoms with Gasteiger partial charge in [0.1, 0.15) is 49.3 Å². The molecule has 2 N–H and O–H groups in total. The Morgan fingerprint density at radius 3 is 1.90 bits per heavy atom. The quantitative estimate of drug-likeness (QED) is 0.106. The summed E-state index contributed by atoms with van der Waals surface area (Å²) in [6.07, 6.45) is 11.4. The summed E-state index contributed by atoms with van der Waals surface area (Å²) in [7, 11) is 1.61. The molecule has 2 saturated carbocycles. The molecule has 0 atom stereocenters. The van der Waals surface area contributed by atoms with Crippen molar-refractivity contribution in [2.24, 2.45) is 0 Å². The van der Waals surface area contributed by atoms with Gasteiger partial charge in [0.25, 0.3) is 0 Å². The summed E-state index contributed by atoms with van der Waals surface area (Å²) in [5, 5.41) is 24.3. The molecule has 0 bridgehead atoms. The van der Waals surface area contributed by atoms with Crippen molar-refractivity contribution in [2.45, 2.75) is 88.7 Å². The molecule has 6 aromatic heterocycles. The van der Waals surface area contributed by atoms with Gasteiger partial charge in [-0.2, -0.15) is 0 Å². The number of likely N-dealkylation sites (N-methyl/N-ethyl adjacent to an activating group) is 1. The van der Waals surface area contributed by atoms with Gasteiger partial charge in [0, 0.05) is 60.6 Å². The van der Waals surface area contributed by atoms with Crippen LogP contribution in [0.5, 0.6) is 0 Å². The molecule has 8 rings (SSSR count). The minimum absolute atomic E-state index is 0.0555. The Balaban J connectivity index is 0.000000191. The number of amides is 2. The van der Waals surface area contributed by atoms with Crippen molar-refractivity contribution in [3.05, 3.63) is 118 Å². The van der Waals surface area contributed by atoms with E-state index in [9.17, 15) is 18.4 Å². The van der Waals surface area contributed by atoms with Crippen LogP contribution in [0.15, 0.2) is 73.3 Å². The van der Waals surface area contributed by atoms with E-state index in [2.05, 4.69) is 55.8 Å². The van der Waals surface area contributed by atoms with Crippen LogP contribution in [0, 0.1) is 18.2 Å². The number of nitrogens with one attached hydrogen (secondary N) is 2. The summed E-state index contributed by atoms with van der Waals surface area (Å²) < 4.78 is 34.6.